The minimum atomic E-state index is -2.99. The highest BCUT2D eigenvalue weighted by atomic mass is 19.3. The Labute approximate surface area is 145 Å². The maximum atomic E-state index is 12.9. The second-order valence-corrected chi connectivity index (χ2v) is 5.88. The summed E-state index contributed by atoms with van der Waals surface area (Å²) in [6, 6.07) is 6.02. The first-order chi connectivity index (χ1) is 11.9. The van der Waals surface area contributed by atoms with Crippen LogP contribution in [0.5, 0.6) is 5.75 Å². The van der Waals surface area contributed by atoms with Crippen LogP contribution in [0.25, 0.3) is 0 Å². The lowest BCUT2D eigenvalue weighted by Crippen LogP contribution is -2.36. The van der Waals surface area contributed by atoms with Crippen molar-refractivity contribution in [2.45, 2.75) is 20.1 Å². The van der Waals surface area contributed by atoms with Gasteiger partial charge in [-0.1, -0.05) is 12.1 Å². The van der Waals surface area contributed by atoms with Crippen molar-refractivity contribution in [2.24, 2.45) is 0 Å². The first-order valence-electron chi connectivity index (χ1n) is 7.85. The number of benzene rings is 1. The lowest BCUT2D eigenvalue weighted by molar-refractivity contribution is -0.0503. The lowest BCUT2D eigenvalue weighted by Gasteiger charge is -2.25. The van der Waals surface area contributed by atoms with E-state index in [2.05, 4.69) is 14.7 Å². The molecule has 0 aliphatic heterocycles. The van der Waals surface area contributed by atoms with Crippen LogP contribution in [0.3, 0.4) is 0 Å². The van der Waals surface area contributed by atoms with Gasteiger partial charge in [0.05, 0.1) is 24.1 Å². The van der Waals surface area contributed by atoms with Gasteiger partial charge in [-0.25, -0.2) is 4.98 Å². The van der Waals surface area contributed by atoms with Crippen molar-refractivity contribution < 1.29 is 18.3 Å². The third-order valence-corrected chi connectivity index (χ3v) is 3.71. The Kier molecular flexibility index (Phi) is 6.46. The van der Waals surface area contributed by atoms with Crippen LogP contribution in [0.15, 0.2) is 30.6 Å². The summed E-state index contributed by atoms with van der Waals surface area (Å²) in [4.78, 5) is 23.7. The van der Waals surface area contributed by atoms with E-state index >= 15 is 0 Å². The quantitative estimate of drug-likeness (QED) is 0.793. The number of alkyl halides is 2. The van der Waals surface area contributed by atoms with Crippen LogP contribution in [-0.2, 0) is 6.54 Å². The van der Waals surface area contributed by atoms with Crippen molar-refractivity contribution in [1.82, 2.24) is 19.8 Å². The summed E-state index contributed by atoms with van der Waals surface area (Å²) in [5.41, 5.74) is 1.70. The van der Waals surface area contributed by atoms with Crippen molar-refractivity contribution in [2.75, 3.05) is 27.2 Å². The predicted molar refractivity (Wildman–Crippen MR) is 89.7 cm³/mol. The molecule has 25 heavy (non-hydrogen) atoms. The molecule has 1 N–H and O–H groups in total. The molecule has 1 heterocycles. The highest BCUT2D eigenvalue weighted by Gasteiger charge is 2.22. The molecule has 1 amide bonds. The standard InChI is InChI=1S/C17H22F2N4O2/c1-12-14(21-11-20-12)10-23(9-8-22(2)3)16(24)13-6-4-5-7-15(13)25-17(18)19/h4-7,11,17H,8-10H2,1-3H3,(H,20,21). The zero-order valence-electron chi connectivity index (χ0n) is 14.5. The highest BCUT2D eigenvalue weighted by molar-refractivity contribution is 5.96. The molecule has 0 spiro atoms. The third kappa shape index (κ3) is 5.25. The first kappa shape index (κ1) is 18.9. The van der Waals surface area contributed by atoms with Gasteiger partial charge in [-0.2, -0.15) is 8.78 Å². The monoisotopic (exact) mass is 352 g/mol. The van der Waals surface area contributed by atoms with E-state index < -0.39 is 6.61 Å². The maximum absolute atomic E-state index is 12.9. The van der Waals surface area contributed by atoms with Gasteiger partial charge in [0.1, 0.15) is 5.75 Å². The Morgan fingerprint density at radius 1 is 1.28 bits per heavy atom. The molecule has 0 aliphatic rings. The van der Waals surface area contributed by atoms with Crippen LogP contribution in [0.2, 0.25) is 0 Å². The van der Waals surface area contributed by atoms with Gasteiger partial charge >= 0.3 is 6.61 Å². The zero-order chi connectivity index (χ0) is 18.4. The van der Waals surface area contributed by atoms with E-state index in [1.54, 1.807) is 23.4 Å². The van der Waals surface area contributed by atoms with Crippen LogP contribution in [0.4, 0.5) is 8.78 Å². The Balaban J connectivity index is 2.26. The summed E-state index contributed by atoms with van der Waals surface area (Å²) >= 11 is 0. The predicted octanol–water partition coefficient (Wildman–Crippen LogP) is 2.52. The largest absolute Gasteiger partial charge is 0.434 e. The van der Waals surface area contributed by atoms with E-state index in [1.807, 2.05) is 25.9 Å². The van der Waals surface area contributed by atoms with E-state index in [-0.39, 0.29) is 23.8 Å². The van der Waals surface area contributed by atoms with Gasteiger partial charge in [0.2, 0.25) is 0 Å². The molecule has 0 unspecified atom stereocenters. The normalized spacial score (nSPS) is 11.2. The molecule has 1 aromatic carbocycles. The fourth-order valence-corrected chi connectivity index (χ4v) is 2.31. The Hall–Kier alpha value is -2.48. The number of para-hydroxylation sites is 1. The summed E-state index contributed by atoms with van der Waals surface area (Å²) in [7, 11) is 3.80. The van der Waals surface area contributed by atoms with E-state index in [0.29, 0.717) is 13.1 Å². The number of nitrogens with one attached hydrogen (secondary N) is 1. The Bertz CT molecular complexity index is 703. The van der Waals surface area contributed by atoms with Gasteiger partial charge in [-0.3, -0.25) is 4.79 Å². The number of likely N-dealkylation sites (N-methyl/N-ethyl adjacent to an activating group) is 1. The molecule has 6 nitrogen and oxygen atoms in total. The van der Waals surface area contributed by atoms with E-state index in [9.17, 15) is 13.6 Å². The van der Waals surface area contributed by atoms with Crippen molar-refractivity contribution in [3.8, 4) is 5.75 Å². The number of hydrogen-bond acceptors (Lipinski definition) is 4. The number of carbonyl (C=O) groups is 1. The number of rotatable bonds is 8. The SMILES string of the molecule is Cc1[nH]cnc1CN(CCN(C)C)C(=O)c1ccccc1OC(F)F. The number of aromatic nitrogens is 2. The number of amides is 1. The molecule has 0 fully saturated rings. The van der Waals surface area contributed by atoms with Gasteiger partial charge in [-0.15, -0.1) is 0 Å². The summed E-state index contributed by atoms with van der Waals surface area (Å²) in [5.74, 6) is -0.503. The summed E-state index contributed by atoms with van der Waals surface area (Å²) in [5, 5.41) is 0. The van der Waals surface area contributed by atoms with Gasteiger partial charge in [-0.05, 0) is 33.2 Å². The highest BCUT2D eigenvalue weighted by Crippen LogP contribution is 2.22. The number of imidazole rings is 1. The molecule has 1 aromatic heterocycles. The number of halogens is 2. The third-order valence-electron chi connectivity index (χ3n) is 3.71. The molecule has 0 atom stereocenters. The summed E-state index contributed by atoms with van der Waals surface area (Å²) < 4.78 is 29.7. The Morgan fingerprint density at radius 3 is 2.60 bits per heavy atom. The summed E-state index contributed by atoms with van der Waals surface area (Å²) in [6.45, 7) is 0.224. The van der Waals surface area contributed by atoms with E-state index in [0.717, 1.165) is 11.4 Å². The number of aromatic amines is 1. The molecule has 0 bridgehead atoms. The fraction of sp³-hybridized carbons (Fsp3) is 0.412. The first-order valence-corrected chi connectivity index (χ1v) is 7.85. The molecule has 0 aliphatic carbocycles. The molecule has 0 saturated carbocycles. The smallest absolute Gasteiger partial charge is 0.387 e. The Morgan fingerprint density at radius 2 is 2.00 bits per heavy atom. The number of aryl methyl sites for hydroxylation is 1. The minimum Gasteiger partial charge on any atom is -0.434 e. The maximum Gasteiger partial charge on any atom is 0.387 e. The van der Waals surface area contributed by atoms with Crippen molar-refractivity contribution >= 4 is 5.91 Å². The molecule has 0 saturated heterocycles. The van der Waals surface area contributed by atoms with Gasteiger partial charge in [0.25, 0.3) is 5.91 Å². The lowest BCUT2D eigenvalue weighted by atomic mass is 10.1. The van der Waals surface area contributed by atoms with Crippen LogP contribution >= 0.6 is 0 Å². The molecule has 2 aromatic rings. The van der Waals surface area contributed by atoms with Crippen molar-refractivity contribution in [3.63, 3.8) is 0 Å². The van der Waals surface area contributed by atoms with Crippen LogP contribution in [-0.4, -0.2) is 59.5 Å². The topological polar surface area (TPSA) is 61.5 Å². The molecule has 2 rings (SSSR count). The van der Waals surface area contributed by atoms with Gasteiger partial charge in [0.15, 0.2) is 0 Å². The molecule has 0 radical (unpaired) electrons. The molecular weight excluding hydrogens is 330 g/mol. The van der Waals surface area contributed by atoms with Crippen LogP contribution in [0.1, 0.15) is 21.7 Å². The average Bonchev–Trinajstić information content (AvgIpc) is 2.95. The number of H-pyrrole nitrogens is 1. The molecule has 8 heteroatoms. The number of nitrogens with zero attached hydrogens (tertiary/aromatic N) is 3. The summed E-state index contributed by atoms with van der Waals surface area (Å²) in [6.07, 6.45) is 1.56. The number of carbonyl (C=O) groups excluding carboxylic acids is 1. The van der Waals surface area contributed by atoms with E-state index in [4.69, 9.17) is 0 Å². The minimum absolute atomic E-state index is 0.106. The fourth-order valence-electron chi connectivity index (χ4n) is 2.31. The van der Waals surface area contributed by atoms with Crippen LogP contribution < -0.4 is 4.74 Å². The van der Waals surface area contributed by atoms with Crippen molar-refractivity contribution in [1.29, 1.82) is 0 Å². The van der Waals surface area contributed by atoms with Gasteiger partial charge in [0, 0.05) is 18.8 Å². The average molecular weight is 352 g/mol. The molecular formula is C17H22F2N4O2. The second kappa shape index (κ2) is 8.57. The zero-order valence-corrected chi connectivity index (χ0v) is 14.5. The number of hydrogen-bond donors (Lipinski definition) is 1. The second-order valence-electron chi connectivity index (χ2n) is 5.88. The van der Waals surface area contributed by atoms with Crippen LogP contribution in [0, 0.1) is 6.92 Å². The number of ether oxygens (including phenoxy) is 1. The van der Waals surface area contributed by atoms with Gasteiger partial charge < -0.3 is 19.5 Å². The molecule has 136 valence electrons. The van der Waals surface area contributed by atoms with E-state index in [1.165, 1.54) is 12.1 Å². The van der Waals surface area contributed by atoms with Crippen molar-refractivity contribution in [3.05, 3.63) is 47.5 Å².